The van der Waals surface area contributed by atoms with Crippen molar-refractivity contribution in [1.82, 2.24) is 15.1 Å². The number of hydrogen-bond acceptors (Lipinski definition) is 4. The molecule has 0 saturated carbocycles. The highest BCUT2D eigenvalue weighted by Crippen LogP contribution is 2.16. The third-order valence-electron chi connectivity index (χ3n) is 4.35. The molecule has 2 N–H and O–H groups in total. The van der Waals surface area contributed by atoms with Gasteiger partial charge in [-0.2, -0.15) is 5.10 Å². The summed E-state index contributed by atoms with van der Waals surface area (Å²) in [5.41, 5.74) is 2.11. The van der Waals surface area contributed by atoms with Crippen molar-refractivity contribution in [2.24, 2.45) is 5.92 Å². The number of nitrogens with one attached hydrogen (secondary N) is 1. The highest BCUT2D eigenvalue weighted by atomic mass is 16.5. The van der Waals surface area contributed by atoms with Crippen LogP contribution in [0.3, 0.4) is 0 Å². The molecule has 7 heteroatoms. The van der Waals surface area contributed by atoms with Crippen molar-refractivity contribution in [3.05, 3.63) is 47.3 Å². The zero-order valence-corrected chi connectivity index (χ0v) is 16.2. The first kappa shape index (κ1) is 20.5. The van der Waals surface area contributed by atoms with Gasteiger partial charge >= 0.3 is 5.97 Å². The number of aliphatic carboxylic acids is 1. The van der Waals surface area contributed by atoms with Gasteiger partial charge in [0.05, 0.1) is 24.3 Å². The smallest absolute Gasteiger partial charge is 0.308 e. The number of carbonyl (C=O) groups excluding carboxylic acids is 1. The molecule has 2 aromatic rings. The van der Waals surface area contributed by atoms with Crippen molar-refractivity contribution in [2.45, 2.75) is 40.2 Å². The number of hydrogen-bond donors (Lipinski definition) is 2. The summed E-state index contributed by atoms with van der Waals surface area (Å²) < 4.78 is 7.16. The van der Waals surface area contributed by atoms with Crippen LogP contribution in [0.4, 0.5) is 0 Å². The van der Waals surface area contributed by atoms with E-state index in [1.807, 2.05) is 52.0 Å². The number of nitrogens with zero attached hydrogens (tertiary/aromatic N) is 2. The number of ether oxygens (including phenoxy) is 1. The minimum absolute atomic E-state index is 0.0493. The van der Waals surface area contributed by atoms with Crippen molar-refractivity contribution < 1.29 is 19.4 Å². The van der Waals surface area contributed by atoms with E-state index in [0.29, 0.717) is 18.6 Å². The summed E-state index contributed by atoms with van der Waals surface area (Å²) in [5.74, 6) is -1.22. The first-order valence-electron chi connectivity index (χ1n) is 9.10. The first-order chi connectivity index (χ1) is 12.8. The Morgan fingerprint density at radius 3 is 2.44 bits per heavy atom. The Balaban J connectivity index is 2.00. The molecule has 0 spiro atoms. The first-order valence-corrected chi connectivity index (χ1v) is 9.10. The van der Waals surface area contributed by atoms with Crippen LogP contribution in [-0.2, 0) is 11.2 Å². The van der Waals surface area contributed by atoms with E-state index < -0.39 is 11.9 Å². The number of carboxylic acids is 1. The van der Waals surface area contributed by atoms with E-state index in [9.17, 15) is 14.7 Å². The lowest BCUT2D eigenvalue weighted by atomic mass is 9.99. The minimum Gasteiger partial charge on any atom is -0.494 e. The normalized spacial score (nSPS) is 12.0. The van der Waals surface area contributed by atoms with Crippen LogP contribution in [0.15, 0.2) is 30.5 Å². The predicted molar refractivity (Wildman–Crippen MR) is 102 cm³/mol. The SMILES string of the molecule is CCOc1ccc(CC(CNC(=O)c2cnn(C(C)C)c2C)C(=O)O)cc1. The van der Waals surface area contributed by atoms with Gasteiger partial charge in [-0.15, -0.1) is 0 Å². The summed E-state index contributed by atoms with van der Waals surface area (Å²) >= 11 is 0. The third kappa shape index (κ3) is 5.32. The van der Waals surface area contributed by atoms with Gasteiger partial charge in [-0.05, 0) is 51.8 Å². The second-order valence-corrected chi connectivity index (χ2v) is 6.71. The Hall–Kier alpha value is -2.83. The highest BCUT2D eigenvalue weighted by molar-refractivity contribution is 5.95. The fraction of sp³-hybridized carbons (Fsp3) is 0.450. The maximum Gasteiger partial charge on any atom is 0.308 e. The summed E-state index contributed by atoms with van der Waals surface area (Å²) in [4.78, 5) is 24.0. The van der Waals surface area contributed by atoms with Gasteiger partial charge in [0.15, 0.2) is 0 Å². The van der Waals surface area contributed by atoms with Gasteiger partial charge in [0.25, 0.3) is 5.91 Å². The van der Waals surface area contributed by atoms with E-state index in [4.69, 9.17) is 4.74 Å². The Labute approximate surface area is 159 Å². The van der Waals surface area contributed by atoms with Crippen LogP contribution in [0.1, 0.15) is 48.4 Å². The number of carboxylic acid groups (broad SMARTS) is 1. The van der Waals surface area contributed by atoms with E-state index in [2.05, 4.69) is 10.4 Å². The average molecular weight is 373 g/mol. The highest BCUT2D eigenvalue weighted by Gasteiger charge is 2.21. The summed E-state index contributed by atoms with van der Waals surface area (Å²) in [7, 11) is 0. The molecular weight excluding hydrogens is 346 g/mol. The van der Waals surface area contributed by atoms with Crippen LogP contribution in [-0.4, -0.2) is 39.9 Å². The third-order valence-corrected chi connectivity index (χ3v) is 4.35. The Morgan fingerprint density at radius 1 is 1.26 bits per heavy atom. The van der Waals surface area contributed by atoms with Crippen LogP contribution in [0.25, 0.3) is 0 Å². The number of rotatable bonds is 9. The number of benzene rings is 1. The predicted octanol–water partition coefficient (Wildman–Crippen LogP) is 2.84. The second-order valence-electron chi connectivity index (χ2n) is 6.71. The molecule has 2 rings (SSSR count). The molecule has 0 radical (unpaired) electrons. The average Bonchev–Trinajstić information content (AvgIpc) is 3.01. The number of carbonyl (C=O) groups is 2. The molecule has 0 aliphatic carbocycles. The molecule has 1 heterocycles. The lowest BCUT2D eigenvalue weighted by Gasteiger charge is -2.14. The van der Waals surface area contributed by atoms with E-state index in [1.165, 1.54) is 6.20 Å². The molecule has 27 heavy (non-hydrogen) atoms. The summed E-state index contributed by atoms with van der Waals surface area (Å²) in [6.07, 6.45) is 1.85. The zero-order valence-electron chi connectivity index (χ0n) is 16.2. The second kappa shape index (κ2) is 9.21. The van der Waals surface area contributed by atoms with Gasteiger partial charge < -0.3 is 15.2 Å². The van der Waals surface area contributed by atoms with Crippen LogP contribution < -0.4 is 10.1 Å². The Morgan fingerprint density at radius 2 is 1.93 bits per heavy atom. The molecule has 0 aliphatic heterocycles. The fourth-order valence-corrected chi connectivity index (χ4v) is 2.90. The maximum atomic E-state index is 12.4. The standard InChI is InChI=1S/C20H27N3O4/c1-5-27-17-8-6-15(7-9-17)10-16(20(25)26)11-21-19(24)18-12-22-23(13(2)3)14(18)4/h6-9,12-13,16H,5,10-11H2,1-4H3,(H,21,24)(H,25,26). The minimum atomic E-state index is -0.946. The summed E-state index contributed by atoms with van der Waals surface area (Å²) in [6, 6.07) is 7.48. The van der Waals surface area contributed by atoms with Crippen LogP contribution >= 0.6 is 0 Å². The molecule has 0 bridgehead atoms. The Kier molecular flexibility index (Phi) is 6.98. The van der Waals surface area contributed by atoms with Gasteiger partial charge in [-0.25, -0.2) is 0 Å². The van der Waals surface area contributed by atoms with E-state index >= 15 is 0 Å². The molecule has 1 atom stereocenters. The fourth-order valence-electron chi connectivity index (χ4n) is 2.90. The van der Waals surface area contributed by atoms with Crippen molar-refractivity contribution in [3.63, 3.8) is 0 Å². The molecule has 0 aliphatic rings. The summed E-state index contributed by atoms with van der Waals surface area (Å²) in [5, 5.41) is 16.4. The van der Waals surface area contributed by atoms with E-state index in [0.717, 1.165) is 17.0 Å². The molecule has 0 fully saturated rings. The largest absolute Gasteiger partial charge is 0.494 e. The molecule has 1 unspecified atom stereocenters. The molecule has 1 aromatic carbocycles. The quantitative estimate of drug-likeness (QED) is 0.705. The maximum absolute atomic E-state index is 12.4. The van der Waals surface area contributed by atoms with E-state index in [-0.39, 0.29) is 18.5 Å². The molecule has 1 aromatic heterocycles. The molecular formula is C20H27N3O4. The van der Waals surface area contributed by atoms with Crippen molar-refractivity contribution >= 4 is 11.9 Å². The summed E-state index contributed by atoms with van der Waals surface area (Å²) in [6.45, 7) is 8.34. The molecule has 1 amide bonds. The van der Waals surface area contributed by atoms with Crippen LogP contribution in [0, 0.1) is 12.8 Å². The monoisotopic (exact) mass is 373 g/mol. The Bertz CT molecular complexity index is 781. The molecule has 146 valence electrons. The van der Waals surface area contributed by atoms with Crippen molar-refractivity contribution in [3.8, 4) is 5.75 Å². The molecule has 7 nitrogen and oxygen atoms in total. The zero-order chi connectivity index (χ0) is 20.0. The van der Waals surface area contributed by atoms with Gasteiger partial charge in [0.1, 0.15) is 5.75 Å². The van der Waals surface area contributed by atoms with Gasteiger partial charge in [-0.3, -0.25) is 14.3 Å². The van der Waals surface area contributed by atoms with Crippen molar-refractivity contribution in [2.75, 3.05) is 13.2 Å². The van der Waals surface area contributed by atoms with Crippen LogP contribution in [0.2, 0.25) is 0 Å². The lowest BCUT2D eigenvalue weighted by Crippen LogP contribution is -2.34. The van der Waals surface area contributed by atoms with Crippen LogP contribution in [0.5, 0.6) is 5.75 Å². The number of amides is 1. The van der Waals surface area contributed by atoms with Crippen molar-refractivity contribution in [1.29, 1.82) is 0 Å². The lowest BCUT2D eigenvalue weighted by molar-refractivity contribution is -0.141. The van der Waals surface area contributed by atoms with Gasteiger partial charge in [-0.1, -0.05) is 12.1 Å². The molecule has 0 saturated heterocycles. The van der Waals surface area contributed by atoms with E-state index in [1.54, 1.807) is 4.68 Å². The van der Waals surface area contributed by atoms with Gasteiger partial charge in [0.2, 0.25) is 0 Å². The number of aromatic nitrogens is 2. The van der Waals surface area contributed by atoms with Gasteiger partial charge in [0, 0.05) is 18.3 Å². The topological polar surface area (TPSA) is 93.5 Å².